The summed E-state index contributed by atoms with van der Waals surface area (Å²) < 4.78 is 19.2. The molecule has 5 aromatic carbocycles. The number of nitrogens with zero attached hydrogens (tertiary/aromatic N) is 1. The van der Waals surface area contributed by atoms with Crippen LogP contribution in [0.25, 0.3) is 28.0 Å². The largest absolute Gasteiger partial charge is 0.497 e. The van der Waals surface area contributed by atoms with E-state index in [2.05, 4.69) is 136 Å². The molecule has 0 aromatic heterocycles. The van der Waals surface area contributed by atoms with Crippen molar-refractivity contribution in [2.24, 2.45) is 10.8 Å². The number of fused-ring (bicyclic) bond motifs is 10. The Hall–Kier alpha value is -4.96. The van der Waals surface area contributed by atoms with Gasteiger partial charge in [0.05, 0.1) is 14.2 Å². The minimum Gasteiger partial charge on any atom is -0.497 e. The van der Waals surface area contributed by atoms with Crippen molar-refractivity contribution in [1.82, 2.24) is 0 Å². The molecule has 5 aromatic rings. The van der Waals surface area contributed by atoms with Crippen LogP contribution < -0.4 is 19.1 Å². The maximum Gasteiger partial charge on any atom is 0.178 e. The molecule has 2 aliphatic heterocycles. The van der Waals surface area contributed by atoms with Crippen LogP contribution in [-0.4, -0.2) is 27.3 Å². The van der Waals surface area contributed by atoms with Gasteiger partial charge in [-0.05, 0) is 113 Å². The molecule has 1 saturated carbocycles. The molecule has 0 amide bonds. The summed E-state index contributed by atoms with van der Waals surface area (Å²) in [6.45, 7) is 11.8. The Morgan fingerprint density at radius 1 is 0.692 bits per heavy atom. The Kier molecular flexibility index (Phi) is 7.46. The highest BCUT2D eigenvalue weighted by Crippen LogP contribution is 2.67. The van der Waals surface area contributed by atoms with Crippen molar-refractivity contribution in [3.63, 3.8) is 0 Å². The monoisotopic (exact) mass is 687 g/mol. The summed E-state index contributed by atoms with van der Waals surface area (Å²) in [6.07, 6.45) is 13.7. The smallest absolute Gasteiger partial charge is 0.178 e. The van der Waals surface area contributed by atoms with Gasteiger partial charge in [-0.3, -0.25) is 0 Å². The number of methoxy groups -OCH3 is 2. The molecule has 0 bridgehead atoms. The first-order valence-corrected chi connectivity index (χ1v) is 18.9. The van der Waals surface area contributed by atoms with Gasteiger partial charge in [-0.1, -0.05) is 94.5 Å². The second kappa shape index (κ2) is 11.8. The molecule has 1 fully saturated rings. The van der Waals surface area contributed by atoms with E-state index in [9.17, 15) is 0 Å². The van der Waals surface area contributed by atoms with Gasteiger partial charge < -0.3 is 19.1 Å². The fourth-order valence-electron chi connectivity index (χ4n) is 10.9. The molecule has 4 nitrogen and oxygen atoms in total. The van der Waals surface area contributed by atoms with Gasteiger partial charge in [0.25, 0.3) is 0 Å². The zero-order valence-corrected chi connectivity index (χ0v) is 31.4. The third-order valence-electron chi connectivity index (χ3n) is 12.2. The lowest BCUT2D eigenvalue weighted by atomic mass is 9.52. The van der Waals surface area contributed by atoms with Gasteiger partial charge >= 0.3 is 0 Å². The van der Waals surface area contributed by atoms with E-state index in [4.69, 9.17) is 14.2 Å². The maximum atomic E-state index is 7.72. The maximum absolute atomic E-state index is 7.72. The lowest BCUT2D eigenvalue weighted by Gasteiger charge is -2.52. The molecule has 4 aliphatic rings. The Morgan fingerprint density at radius 2 is 1.37 bits per heavy atom. The predicted molar refractivity (Wildman–Crippen MR) is 214 cm³/mol. The van der Waals surface area contributed by atoms with E-state index in [1.54, 1.807) is 14.2 Å². The second-order valence-electron chi connectivity index (χ2n) is 17.0. The standard InChI is InChI=1S/C48H49NO3/c1-45(2)29-46(3,4)31-47(30-45)41-13-9-8-12-38(41)42-37-23-22-36(51-6)28-40(37)44-39(43(42)47)24-25-48(52-44,33-16-20-35(50-5)21-17-33)32-14-18-34(19-15-32)49-26-10-7-11-27-49/h7-10,12-25,28H,11,26-27,29-31H2,1-6H3. The van der Waals surface area contributed by atoms with E-state index in [0.717, 1.165) is 66.1 Å². The van der Waals surface area contributed by atoms with E-state index in [-0.39, 0.29) is 16.2 Å². The first-order valence-electron chi connectivity index (χ1n) is 18.9. The minimum atomic E-state index is -0.867. The highest BCUT2D eigenvalue weighted by molar-refractivity contribution is 6.09. The van der Waals surface area contributed by atoms with Crippen LogP contribution in [-0.2, 0) is 11.0 Å². The summed E-state index contributed by atoms with van der Waals surface area (Å²) in [5, 5.41) is 2.29. The molecule has 1 unspecified atom stereocenters. The average Bonchev–Trinajstić information content (AvgIpc) is 3.42. The van der Waals surface area contributed by atoms with Crippen LogP contribution in [0.5, 0.6) is 17.2 Å². The van der Waals surface area contributed by atoms with Crippen molar-refractivity contribution in [2.45, 2.75) is 64.4 Å². The summed E-state index contributed by atoms with van der Waals surface area (Å²) in [7, 11) is 3.47. The van der Waals surface area contributed by atoms with E-state index in [1.807, 2.05) is 12.1 Å². The van der Waals surface area contributed by atoms with Gasteiger partial charge in [0.2, 0.25) is 0 Å². The molecule has 9 rings (SSSR count). The van der Waals surface area contributed by atoms with Crippen molar-refractivity contribution in [3.8, 4) is 28.4 Å². The Labute approximate surface area is 308 Å². The molecule has 2 aliphatic carbocycles. The van der Waals surface area contributed by atoms with Crippen molar-refractivity contribution in [3.05, 3.63) is 137 Å². The molecule has 0 radical (unpaired) electrons. The van der Waals surface area contributed by atoms with Gasteiger partial charge in [-0.2, -0.15) is 0 Å². The van der Waals surface area contributed by atoms with Crippen LogP contribution in [0.15, 0.2) is 109 Å². The van der Waals surface area contributed by atoms with Gasteiger partial charge in [0.1, 0.15) is 17.2 Å². The van der Waals surface area contributed by atoms with Crippen molar-refractivity contribution in [2.75, 3.05) is 32.2 Å². The second-order valence-corrected chi connectivity index (χ2v) is 17.0. The SMILES string of the molecule is COc1ccc(C2(c3ccc(N4CC=CCC4)cc3)C=Cc3c4c(c5ccc(OC)cc5c3O2)-c2ccccc2C42CC(C)(C)CC(C)(C)C2)cc1. The van der Waals surface area contributed by atoms with E-state index in [0.29, 0.717) is 0 Å². The number of benzene rings is 5. The highest BCUT2D eigenvalue weighted by atomic mass is 16.5. The average molecular weight is 688 g/mol. The summed E-state index contributed by atoms with van der Waals surface area (Å²) in [4.78, 5) is 2.43. The molecule has 264 valence electrons. The van der Waals surface area contributed by atoms with Gasteiger partial charge in [0.15, 0.2) is 5.60 Å². The minimum absolute atomic E-state index is 0.145. The molecule has 1 spiro atoms. The highest BCUT2D eigenvalue weighted by Gasteiger charge is 2.55. The molecule has 4 heteroatoms. The quantitative estimate of drug-likeness (QED) is 0.172. The summed E-state index contributed by atoms with van der Waals surface area (Å²) in [6, 6.07) is 33.2. The fourth-order valence-corrected chi connectivity index (χ4v) is 10.9. The van der Waals surface area contributed by atoms with Crippen LogP contribution in [0.1, 0.15) is 81.2 Å². The van der Waals surface area contributed by atoms with Crippen LogP contribution in [0.3, 0.4) is 0 Å². The van der Waals surface area contributed by atoms with Crippen molar-refractivity contribution < 1.29 is 14.2 Å². The Morgan fingerprint density at radius 3 is 2.04 bits per heavy atom. The summed E-state index contributed by atoms with van der Waals surface area (Å²) in [5.74, 6) is 2.57. The summed E-state index contributed by atoms with van der Waals surface area (Å²) >= 11 is 0. The zero-order chi connectivity index (χ0) is 35.9. The zero-order valence-electron chi connectivity index (χ0n) is 31.4. The summed E-state index contributed by atoms with van der Waals surface area (Å²) in [5.41, 5.74) is 9.47. The van der Waals surface area contributed by atoms with Gasteiger partial charge in [0, 0.05) is 46.3 Å². The molecular weight excluding hydrogens is 639 g/mol. The van der Waals surface area contributed by atoms with Gasteiger partial charge in [-0.25, -0.2) is 0 Å². The number of ether oxygens (including phenoxy) is 3. The lowest BCUT2D eigenvalue weighted by Crippen LogP contribution is -2.44. The first kappa shape index (κ1) is 32.9. The van der Waals surface area contributed by atoms with Crippen LogP contribution in [0.2, 0.25) is 0 Å². The number of hydrogen-bond donors (Lipinski definition) is 0. The fraction of sp³-hybridized carbons (Fsp3) is 0.333. The molecule has 0 N–H and O–H groups in total. The van der Waals surface area contributed by atoms with Crippen molar-refractivity contribution in [1.29, 1.82) is 0 Å². The third kappa shape index (κ3) is 5.01. The van der Waals surface area contributed by atoms with Crippen LogP contribution in [0.4, 0.5) is 5.69 Å². The number of anilines is 1. The molecule has 2 heterocycles. The first-order chi connectivity index (χ1) is 25.1. The number of hydrogen-bond acceptors (Lipinski definition) is 4. The van der Waals surface area contributed by atoms with E-state index >= 15 is 0 Å². The Balaban J connectivity index is 1.32. The van der Waals surface area contributed by atoms with Gasteiger partial charge in [-0.15, -0.1) is 0 Å². The third-order valence-corrected chi connectivity index (χ3v) is 12.2. The molecule has 1 atom stereocenters. The van der Waals surface area contributed by atoms with Crippen LogP contribution >= 0.6 is 0 Å². The number of rotatable bonds is 5. The lowest BCUT2D eigenvalue weighted by molar-refractivity contribution is 0.0642. The molecule has 0 saturated heterocycles. The molecule has 52 heavy (non-hydrogen) atoms. The van der Waals surface area contributed by atoms with Crippen LogP contribution in [0, 0.1) is 10.8 Å². The predicted octanol–water partition coefficient (Wildman–Crippen LogP) is 11.5. The van der Waals surface area contributed by atoms with E-state index < -0.39 is 5.60 Å². The Bertz CT molecular complexity index is 2240. The van der Waals surface area contributed by atoms with Crippen molar-refractivity contribution >= 4 is 22.5 Å². The van der Waals surface area contributed by atoms with E-state index in [1.165, 1.54) is 45.3 Å². The normalized spacial score (nSPS) is 21.7. The molecular formula is C48H49NO3. The topological polar surface area (TPSA) is 30.9 Å².